The average molecular weight is 402 g/mol. The molecule has 0 bridgehead atoms. The highest BCUT2D eigenvalue weighted by molar-refractivity contribution is 5.85. The lowest BCUT2D eigenvalue weighted by Crippen LogP contribution is -3.62. The third kappa shape index (κ3) is 3.37. The summed E-state index contributed by atoms with van der Waals surface area (Å²) in [6, 6.07) is 9.21. The quantitative estimate of drug-likeness (QED) is 0.676. The van der Waals surface area contributed by atoms with Gasteiger partial charge in [0.1, 0.15) is 0 Å². The zero-order chi connectivity index (χ0) is 14.2. The van der Waals surface area contributed by atoms with Crippen LogP contribution in [-0.4, -0.2) is 0 Å². The molecule has 0 aliphatic rings. The van der Waals surface area contributed by atoms with Gasteiger partial charge in [-0.25, -0.2) is 0 Å². The number of rotatable bonds is 2. The molecule has 0 saturated heterocycles. The summed E-state index contributed by atoms with van der Waals surface area (Å²) in [5.41, 5.74) is 8.71. The molecule has 0 N–H and O–H groups in total. The predicted octanol–water partition coefficient (Wildman–Crippen LogP) is 2.09. The normalized spacial score (nSPS) is 10.3. The van der Waals surface area contributed by atoms with Gasteiger partial charge < -0.3 is 0 Å². The van der Waals surface area contributed by atoms with E-state index in [-0.39, 0.29) is 33.6 Å². The van der Waals surface area contributed by atoms with Crippen molar-refractivity contribution in [2.24, 2.45) is 0 Å². The average Bonchev–Trinajstić information content (AvgIpc) is 2.39. The van der Waals surface area contributed by atoms with Crippen LogP contribution in [0.4, 0.5) is 0 Å². The first-order chi connectivity index (χ1) is 8.91. The van der Waals surface area contributed by atoms with Crippen LogP contribution in [0, 0.1) is 48.7 Å². The van der Waals surface area contributed by atoms with Gasteiger partial charge in [-0.3, -0.25) is 0 Å². The molecule has 20 heavy (non-hydrogen) atoms. The van der Waals surface area contributed by atoms with Crippen LogP contribution in [0.1, 0.15) is 33.4 Å². The second-order valence-corrected chi connectivity index (χ2v) is 8.19. The van der Waals surface area contributed by atoms with Crippen LogP contribution in [0.2, 0.25) is 0 Å². The fraction of sp³-hybridized carbons (Fsp3) is 0.333. The largest absolute Gasteiger partial charge is 0.358 e. The van der Waals surface area contributed by atoms with Crippen molar-refractivity contribution in [3.05, 3.63) is 64.8 Å². The molecule has 0 aromatic heterocycles. The Kier molecular flexibility index (Phi) is 6.08. The fourth-order valence-corrected chi connectivity index (χ4v) is 5.12. The summed E-state index contributed by atoms with van der Waals surface area (Å²) >= 11 is -0.0738. The standard InChI is InChI=1S/C18H22I.ClH/c1-11-7-9-17(15(5)13(11)3)19-18-10-8-12(2)14(4)16(18)6;/h7-10H,1-6H3;1H/q+1;. The Morgan fingerprint density at radius 1 is 0.550 bits per heavy atom. The van der Waals surface area contributed by atoms with Crippen molar-refractivity contribution in [2.75, 3.05) is 0 Å². The van der Waals surface area contributed by atoms with Gasteiger partial charge in [-0.05, 0) is 75.9 Å². The van der Waals surface area contributed by atoms with Crippen molar-refractivity contribution in [1.29, 1.82) is 0 Å². The number of hydrogen-bond acceptors (Lipinski definition) is 0. The minimum absolute atomic E-state index is 0. The SMILES string of the molecule is Cc1ccc([I+]c2ccc(C)c(C)c2C)c(C)c1C.Cl. The first-order valence-corrected chi connectivity index (χ1v) is 8.86. The summed E-state index contributed by atoms with van der Waals surface area (Å²) in [4.78, 5) is 0. The molecule has 2 aromatic carbocycles. The first kappa shape index (κ1) is 17.5. The third-order valence-electron chi connectivity index (χ3n) is 4.19. The first-order valence-electron chi connectivity index (χ1n) is 6.70. The number of hydrogen-bond donors (Lipinski definition) is 0. The van der Waals surface area contributed by atoms with Gasteiger partial charge >= 0.3 is 21.2 Å². The Hall–Kier alpha value is -0.540. The number of benzene rings is 2. The van der Waals surface area contributed by atoms with Gasteiger partial charge in [-0.1, -0.05) is 12.1 Å². The van der Waals surface area contributed by atoms with E-state index in [1.807, 2.05) is 0 Å². The molecule has 0 aliphatic heterocycles. The van der Waals surface area contributed by atoms with E-state index in [9.17, 15) is 0 Å². The molecule has 0 heterocycles. The number of aryl methyl sites for hydroxylation is 2. The number of halogens is 2. The van der Waals surface area contributed by atoms with E-state index < -0.39 is 0 Å². The van der Waals surface area contributed by atoms with Crippen molar-refractivity contribution in [1.82, 2.24) is 0 Å². The molecule has 0 unspecified atom stereocenters. The van der Waals surface area contributed by atoms with Crippen LogP contribution < -0.4 is 21.2 Å². The zero-order valence-corrected chi connectivity index (χ0v) is 16.1. The molecule has 0 nitrogen and oxygen atoms in total. The summed E-state index contributed by atoms with van der Waals surface area (Å²) in [5, 5.41) is 0. The Morgan fingerprint density at radius 2 is 0.900 bits per heavy atom. The summed E-state index contributed by atoms with van der Waals surface area (Å²) in [6.07, 6.45) is 0. The van der Waals surface area contributed by atoms with Gasteiger partial charge in [0.25, 0.3) is 0 Å². The fourth-order valence-electron chi connectivity index (χ4n) is 2.16. The van der Waals surface area contributed by atoms with E-state index >= 15 is 0 Å². The molecular weight excluding hydrogens is 379 g/mol. The Morgan fingerprint density at radius 3 is 1.25 bits per heavy atom. The summed E-state index contributed by atoms with van der Waals surface area (Å²) in [7, 11) is 0. The van der Waals surface area contributed by atoms with Crippen molar-refractivity contribution in [3.8, 4) is 0 Å². The molecule has 2 aromatic rings. The van der Waals surface area contributed by atoms with Crippen molar-refractivity contribution in [3.63, 3.8) is 0 Å². The second kappa shape index (κ2) is 6.95. The molecule has 0 saturated carbocycles. The maximum Gasteiger partial charge on any atom is 0.358 e. The van der Waals surface area contributed by atoms with Gasteiger partial charge in [0.2, 0.25) is 0 Å². The molecule has 0 amide bonds. The van der Waals surface area contributed by atoms with Gasteiger partial charge in [0.15, 0.2) is 7.14 Å². The second-order valence-electron chi connectivity index (χ2n) is 5.32. The zero-order valence-electron chi connectivity index (χ0n) is 13.1. The van der Waals surface area contributed by atoms with Crippen LogP contribution in [0.5, 0.6) is 0 Å². The lowest BCUT2D eigenvalue weighted by Gasteiger charge is -2.06. The molecule has 0 atom stereocenters. The molecule has 0 radical (unpaired) electrons. The Labute approximate surface area is 139 Å². The monoisotopic (exact) mass is 401 g/mol. The topological polar surface area (TPSA) is 0 Å². The molecule has 108 valence electrons. The van der Waals surface area contributed by atoms with Crippen molar-refractivity contribution in [2.45, 2.75) is 41.5 Å². The van der Waals surface area contributed by atoms with E-state index in [0.29, 0.717) is 0 Å². The van der Waals surface area contributed by atoms with Crippen molar-refractivity contribution < 1.29 is 21.2 Å². The summed E-state index contributed by atoms with van der Waals surface area (Å²) in [6.45, 7) is 13.4. The van der Waals surface area contributed by atoms with Crippen LogP contribution in [-0.2, 0) is 0 Å². The summed E-state index contributed by atoms with van der Waals surface area (Å²) < 4.78 is 3.13. The van der Waals surface area contributed by atoms with E-state index in [1.54, 1.807) is 7.14 Å². The third-order valence-corrected chi connectivity index (χ3v) is 7.69. The lowest BCUT2D eigenvalue weighted by molar-refractivity contribution is -0.598. The van der Waals surface area contributed by atoms with E-state index in [0.717, 1.165) is 0 Å². The maximum atomic E-state index is 2.33. The lowest BCUT2D eigenvalue weighted by atomic mass is 10.1. The highest BCUT2D eigenvalue weighted by atomic mass is 127. The van der Waals surface area contributed by atoms with Gasteiger partial charge in [0.05, 0.1) is 0 Å². The molecule has 0 fully saturated rings. The Bertz CT molecular complexity index is 574. The predicted molar refractivity (Wildman–Crippen MR) is 85.9 cm³/mol. The minimum atomic E-state index is -0.0738. The van der Waals surface area contributed by atoms with Gasteiger partial charge in [-0.2, -0.15) is 0 Å². The van der Waals surface area contributed by atoms with Crippen molar-refractivity contribution >= 4 is 12.4 Å². The summed E-state index contributed by atoms with van der Waals surface area (Å²) in [5.74, 6) is 0. The Balaban J connectivity index is 0.00000200. The molecular formula is C18H23ClI+. The van der Waals surface area contributed by atoms with Crippen LogP contribution in [0.15, 0.2) is 24.3 Å². The molecule has 0 aliphatic carbocycles. The smallest absolute Gasteiger partial charge is 0.147 e. The maximum absolute atomic E-state index is 2.33. The molecule has 0 spiro atoms. The molecule has 2 rings (SSSR count). The highest BCUT2D eigenvalue weighted by Gasteiger charge is 2.22. The van der Waals surface area contributed by atoms with Crippen LogP contribution in [0.25, 0.3) is 0 Å². The minimum Gasteiger partial charge on any atom is -0.147 e. The van der Waals surface area contributed by atoms with E-state index in [1.165, 1.54) is 33.4 Å². The van der Waals surface area contributed by atoms with Gasteiger partial charge in [0, 0.05) is 11.1 Å². The van der Waals surface area contributed by atoms with E-state index in [4.69, 9.17) is 0 Å². The van der Waals surface area contributed by atoms with Crippen LogP contribution in [0.3, 0.4) is 0 Å². The van der Waals surface area contributed by atoms with Gasteiger partial charge in [-0.15, -0.1) is 12.4 Å². The van der Waals surface area contributed by atoms with E-state index in [2.05, 4.69) is 65.8 Å². The van der Waals surface area contributed by atoms with Crippen LogP contribution >= 0.6 is 12.4 Å². The highest BCUT2D eigenvalue weighted by Crippen LogP contribution is 2.13. The molecule has 2 heteroatoms.